The molecule has 0 atom stereocenters. The van der Waals surface area contributed by atoms with Gasteiger partial charge in [0.25, 0.3) is 5.91 Å². The first-order valence-corrected chi connectivity index (χ1v) is 15.3. The largest absolute Gasteiger partial charge is 0.379 e. The molecular formula is C28H29BrN4O5S. The van der Waals surface area contributed by atoms with E-state index < -0.39 is 10.0 Å². The minimum Gasteiger partial charge on any atom is -0.379 e. The molecule has 2 amide bonds. The van der Waals surface area contributed by atoms with E-state index in [0.717, 1.165) is 46.9 Å². The fourth-order valence-corrected chi connectivity index (χ4v) is 7.37. The first-order valence-electron chi connectivity index (χ1n) is 13.0. The van der Waals surface area contributed by atoms with Crippen molar-refractivity contribution >= 4 is 66.0 Å². The molecule has 0 aliphatic carbocycles. The zero-order valence-corrected chi connectivity index (χ0v) is 24.0. The highest BCUT2D eigenvalue weighted by atomic mass is 79.9. The lowest BCUT2D eigenvalue weighted by atomic mass is 10.0. The van der Waals surface area contributed by atoms with Gasteiger partial charge in [0.2, 0.25) is 15.9 Å². The predicted molar refractivity (Wildman–Crippen MR) is 153 cm³/mol. The summed E-state index contributed by atoms with van der Waals surface area (Å²) in [7, 11) is -2.04. The Kier molecular flexibility index (Phi) is 6.86. The molecule has 3 aliphatic rings. The molecule has 0 N–H and O–H groups in total. The Morgan fingerprint density at radius 1 is 1.05 bits per heavy atom. The summed E-state index contributed by atoms with van der Waals surface area (Å²) in [4.78, 5) is 29.9. The number of likely N-dealkylation sites (N-methyl/N-ethyl adjacent to an activating group) is 1. The Hall–Kier alpha value is -2.99. The van der Waals surface area contributed by atoms with Crippen molar-refractivity contribution in [1.82, 2.24) is 13.8 Å². The van der Waals surface area contributed by atoms with Crippen LogP contribution in [-0.4, -0.2) is 80.4 Å². The summed E-state index contributed by atoms with van der Waals surface area (Å²) in [6, 6.07) is 10.7. The smallest absolute Gasteiger partial charge is 0.258 e. The molecule has 2 aromatic carbocycles. The molecule has 2 fully saturated rings. The zero-order chi connectivity index (χ0) is 27.3. The van der Waals surface area contributed by atoms with Crippen molar-refractivity contribution < 1.29 is 22.7 Å². The molecule has 9 nitrogen and oxygen atoms in total. The van der Waals surface area contributed by atoms with Gasteiger partial charge in [-0.3, -0.25) is 9.59 Å². The number of carbonyl (C=O) groups is 2. The van der Waals surface area contributed by atoms with Crippen LogP contribution in [0.25, 0.3) is 22.6 Å². The van der Waals surface area contributed by atoms with Crippen molar-refractivity contribution in [2.75, 3.05) is 51.3 Å². The quantitative estimate of drug-likeness (QED) is 0.411. The SMILES string of the molecule is CN1C(=O)/C(=C\c2cn(CC(=O)N3CCCC3)c3ccc(Br)cc23)c2cc(S(=O)(=O)N3CCOCC3)ccc21. The van der Waals surface area contributed by atoms with E-state index in [1.54, 1.807) is 31.3 Å². The maximum atomic E-state index is 13.4. The summed E-state index contributed by atoms with van der Waals surface area (Å²) in [6.07, 6.45) is 5.76. The molecule has 6 rings (SSSR count). The van der Waals surface area contributed by atoms with E-state index in [2.05, 4.69) is 15.9 Å². The van der Waals surface area contributed by atoms with Gasteiger partial charge in [0.05, 0.1) is 23.8 Å². The molecule has 39 heavy (non-hydrogen) atoms. The van der Waals surface area contributed by atoms with Crippen LogP contribution in [0.1, 0.15) is 24.0 Å². The average Bonchev–Trinajstić information content (AvgIpc) is 3.65. The fourth-order valence-electron chi connectivity index (χ4n) is 5.58. The number of sulfonamides is 1. The number of carbonyl (C=O) groups excluding carboxylic acids is 2. The van der Waals surface area contributed by atoms with Gasteiger partial charge in [-0.2, -0.15) is 4.31 Å². The van der Waals surface area contributed by atoms with E-state index in [1.165, 1.54) is 9.21 Å². The minimum atomic E-state index is -3.73. The normalized spacial score (nSPS) is 19.4. The molecule has 0 spiro atoms. The summed E-state index contributed by atoms with van der Waals surface area (Å²) in [5, 5.41) is 0.895. The van der Waals surface area contributed by atoms with Crippen LogP contribution in [0.4, 0.5) is 5.69 Å². The highest BCUT2D eigenvalue weighted by Crippen LogP contribution is 2.40. The van der Waals surface area contributed by atoms with Gasteiger partial charge in [-0.05, 0) is 55.3 Å². The number of anilines is 1. The van der Waals surface area contributed by atoms with Crippen LogP contribution in [0.2, 0.25) is 0 Å². The molecule has 0 unspecified atom stereocenters. The lowest BCUT2D eigenvalue weighted by Gasteiger charge is -2.26. The second-order valence-corrected chi connectivity index (χ2v) is 12.9. The Morgan fingerprint density at radius 2 is 1.79 bits per heavy atom. The topological polar surface area (TPSA) is 92.2 Å². The second-order valence-electron chi connectivity index (χ2n) is 10.1. The summed E-state index contributed by atoms with van der Waals surface area (Å²) in [6.45, 7) is 3.10. The molecular weight excluding hydrogens is 584 g/mol. The molecule has 1 aromatic heterocycles. The first-order chi connectivity index (χ1) is 18.7. The summed E-state index contributed by atoms with van der Waals surface area (Å²) >= 11 is 3.55. The maximum absolute atomic E-state index is 13.4. The number of fused-ring (bicyclic) bond motifs is 2. The van der Waals surface area contributed by atoms with Crippen LogP contribution >= 0.6 is 15.9 Å². The molecule has 3 aliphatic heterocycles. The Labute approximate surface area is 235 Å². The number of benzene rings is 2. The van der Waals surface area contributed by atoms with Gasteiger partial charge in [-0.15, -0.1) is 0 Å². The summed E-state index contributed by atoms with van der Waals surface area (Å²) in [5.41, 5.74) is 3.31. The lowest BCUT2D eigenvalue weighted by molar-refractivity contribution is -0.130. The second kappa shape index (κ2) is 10.2. The van der Waals surface area contributed by atoms with E-state index in [0.29, 0.717) is 43.1 Å². The molecule has 3 aromatic rings. The Balaban J connectivity index is 1.42. The van der Waals surface area contributed by atoms with Crippen molar-refractivity contribution in [2.24, 2.45) is 0 Å². The van der Waals surface area contributed by atoms with Gasteiger partial charge in [0, 0.05) is 71.5 Å². The standard InChI is InChI=1S/C28H29BrN4O5S/c1-30-25-7-5-21(39(36,37)33-10-12-38-13-11-33)16-23(25)24(28(30)35)14-19-17-32(18-27(34)31-8-2-3-9-31)26-6-4-20(29)15-22(19)26/h4-7,14-17H,2-3,8-13,18H2,1H3/b24-14-. The zero-order valence-electron chi connectivity index (χ0n) is 21.6. The number of hydrogen-bond acceptors (Lipinski definition) is 5. The number of rotatable bonds is 5. The third kappa shape index (κ3) is 4.71. The van der Waals surface area contributed by atoms with Crippen molar-refractivity contribution in [3.8, 4) is 0 Å². The van der Waals surface area contributed by atoms with Gasteiger partial charge in [0.15, 0.2) is 0 Å². The van der Waals surface area contributed by atoms with Crippen LogP contribution in [0.3, 0.4) is 0 Å². The van der Waals surface area contributed by atoms with Crippen molar-refractivity contribution in [3.63, 3.8) is 0 Å². The van der Waals surface area contributed by atoms with Gasteiger partial charge in [0.1, 0.15) is 6.54 Å². The Morgan fingerprint density at radius 3 is 2.54 bits per heavy atom. The molecule has 11 heteroatoms. The van der Waals surface area contributed by atoms with Gasteiger partial charge < -0.3 is 19.1 Å². The van der Waals surface area contributed by atoms with Crippen molar-refractivity contribution in [3.05, 3.63) is 58.2 Å². The highest BCUT2D eigenvalue weighted by Gasteiger charge is 2.33. The number of likely N-dealkylation sites (tertiary alicyclic amines) is 1. The lowest BCUT2D eigenvalue weighted by Crippen LogP contribution is -2.40. The van der Waals surface area contributed by atoms with Gasteiger partial charge >= 0.3 is 0 Å². The van der Waals surface area contributed by atoms with Crippen LogP contribution in [0.15, 0.2) is 52.0 Å². The number of ether oxygens (including phenoxy) is 1. The molecule has 0 saturated carbocycles. The molecule has 0 radical (unpaired) electrons. The predicted octanol–water partition coefficient (Wildman–Crippen LogP) is 3.56. The van der Waals surface area contributed by atoms with E-state index >= 15 is 0 Å². The maximum Gasteiger partial charge on any atom is 0.258 e. The minimum absolute atomic E-state index is 0.0755. The third-order valence-corrected chi connectivity index (χ3v) is 10.1. The van der Waals surface area contributed by atoms with E-state index in [-0.39, 0.29) is 23.3 Å². The average molecular weight is 614 g/mol. The van der Waals surface area contributed by atoms with Crippen LogP contribution in [-0.2, 0) is 30.9 Å². The molecule has 204 valence electrons. The van der Waals surface area contributed by atoms with Crippen molar-refractivity contribution in [2.45, 2.75) is 24.3 Å². The van der Waals surface area contributed by atoms with E-state index in [1.807, 2.05) is 33.9 Å². The van der Waals surface area contributed by atoms with Gasteiger partial charge in [-0.25, -0.2) is 8.42 Å². The van der Waals surface area contributed by atoms with Crippen LogP contribution in [0.5, 0.6) is 0 Å². The van der Waals surface area contributed by atoms with Gasteiger partial charge in [-0.1, -0.05) is 15.9 Å². The van der Waals surface area contributed by atoms with Crippen molar-refractivity contribution in [1.29, 1.82) is 0 Å². The summed E-state index contributed by atoms with van der Waals surface area (Å²) in [5.74, 6) is -0.138. The highest BCUT2D eigenvalue weighted by molar-refractivity contribution is 9.10. The van der Waals surface area contributed by atoms with E-state index in [4.69, 9.17) is 4.74 Å². The third-order valence-electron chi connectivity index (χ3n) is 7.70. The number of halogens is 1. The number of hydrogen-bond donors (Lipinski definition) is 0. The fraction of sp³-hybridized carbons (Fsp3) is 0.357. The molecule has 0 bridgehead atoms. The number of nitrogens with zero attached hydrogens (tertiary/aromatic N) is 4. The number of aromatic nitrogens is 1. The first kappa shape index (κ1) is 26.2. The molecule has 4 heterocycles. The van der Waals surface area contributed by atoms with Crippen LogP contribution in [0, 0.1) is 0 Å². The summed E-state index contributed by atoms with van der Waals surface area (Å²) < 4.78 is 36.3. The monoisotopic (exact) mass is 612 g/mol. The van der Waals surface area contributed by atoms with Crippen LogP contribution < -0.4 is 4.90 Å². The Bertz CT molecular complexity index is 1620. The number of morpholine rings is 1. The van der Waals surface area contributed by atoms with E-state index in [9.17, 15) is 18.0 Å². The number of amides is 2. The molecule has 2 saturated heterocycles.